The van der Waals surface area contributed by atoms with E-state index in [-0.39, 0.29) is 12.2 Å². The van der Waals surface area contributed by atoms with E-state index in [1.165, 1.54) is 6.08 Å². The van der Waals surface area contributed by atoms with Crippen molar-refractivity contribution in [2.24, 2.45) is 0 Å². The highest BCUT2D eigenvalue weighted by atomic mass is 79.9. The Kier molecular flexibility index (Phi) is 6.39. The number of terminal acetylenes is 1. The number of amides is 1. The Labute approximate surface area is 155 Å². The molecule has 1 amide bonds. The standard InChI is InChI=1S/C20H15BrN2O2/c1-3-10-25-19-9-6-15(12-18(19)21)11-16(13-22)20(24)23-17-7-4-14(2)5-8-17/h1,4-9,11-12H,10H2,2H3,(H,23,24)/b16-11-. The second kappa shape index (κ2) is 8.73. The van der Waals surface area contributed by atoms with Gasteiger partial charge >= 0.3 is 0 Å². The van der Waals surface area contributed by atoms with Crippen LogP contribution in [0.5, 0.6) is 5.75 Å². The Morgan fingerprint density at radius 1 is 1.32 bits per heavy atom. The first kappa shape index (κ1) is 18.3. The van der Waals surface area contributed by atoms with Crippen molar-refractivity contribution in [1.29, 1.82) is 5.26 Å². The minimum absolute atomic E-state index is 0.00442. The van der Waals surface area contributed by atoms with Crippen LogP contribution in [0, 0.1) is 30.6 Å². The molecule has 5 heteroatoms. The molecule has 0 heterocycles. The lowest BCUT2D eigenvalue weighted by Gasteiger charge is -2.07. The number of hydrogen-bond donors (Lipinski definition) is 1. The molecule has 4 nitrogen and oxygen atoms in total. The van der Waals surface area contributed by atoms with Gasteiger partial charge in [0.2, 0.25) is 0 Å². The van der Waals surface area contributed by atoms with Crippen molar-refractivity contribution >= 4 is 33.6 Å². The fourth-order valence-corrected chi connectivity index (χ4v) is 2.50. The van der Waals surface area contributed by atoms with Crippen molar-refractivity contribution in [2.75, 3.05) is 11.9 Å². The van der Waals surface area contributed by atoms with E-state index in [0.29, 0.717) is 21.5 Å². The van der Waals surface area contributed by atoms with Crippen molar-refractivity contribution in [3.05, 3.63) is 63.6 Å². The second-order valence-corrected chi connectivity index (χ2v) is 6.03. The van der Waals surface area contributed by atoms with Gasteiger partial charge in [0.15, 0.2) is 0 Å². The largest absolute Gasteiger partial charge is 0.480 e. The highest BCUT2D eigenvalue weighted by Crippen LogP contribution is 2.27. The zero-order valence-electron chi connectivity index (χ0n) is 13.5. The first-order valence-corrected chi connectivity index (χ1v) is 8.18. The van der Waals surface area contributed by atoms with Crippen LogP contribution in [0.1, 0.15) is 11.1 Å². The topological polar surface area (TPSA) is 62.1 Å². The second-order valence-electron chi connectivity index (χ2n) is 5.17. The summed E-state index contributed by atoms with van der Waals surface area (Å²) in [6, 6.07) is 14.5. The molecule has 2 aromatic carbocycles. The fraction of sp³-hybridized carbons (Fsp3) is 0.100. The fourth-order valence-electron chi connectivity index (χ4n) is 1.99. The number of rotatable bonds is 5. The molecule has 0 radical (unpaired) electrons. The van der Waals surface area contributed by atoms with E-state index in [1.807, 2.05) is 25.1 Å². The molecule has 25 heavy (non-hydrogen) atoms. The Bertz CT molecular complexity index is 887. The van der Waals surface area contributed by atoms with Gasteiger partial charge in [-0.2, -0.15) is 5.26 Å². The van der Waals surface area contributed by atoms with E-state index in [4.69, 9.17) is 11.2 Å². The molecular formula is C20H15BrN2O2. The predicted octanol–water partition coefficient (Wildman–Crippen LogP) is 4.32. The maximum Gasteiger partial charge on any atom is 0.266 e. The Balaban J connectivity index is 2.17. The van der Waals surface area contributed by atoms with Crippen LogP contribution in [0.3, 0.4) is 0 Å². The molecule has 0 unspecified atom stereocenters. The van der Waals surface area contributed by atoms with Gasteiger partial charge < -0.3 is 10.1 Å². The Hall–Kier alpha value is -3.02. The van der Waals surface area contributed by atoms with Gasteiger partial charge in [0.05, 0.1) is 4.47 Å². The number of nitrogens with one attached hydrogen (secondary N) is 1. The summed E-state index contributed by atoms with van der Waals surface area (Å²) in [5, 5.41) is 12.0. The van der Waals surface area contributed by atoms with Crippen LogP contribution in [0.2, 0.25) is 0 Å². The quantitative estimate of drug-likeness (QED) is 0.466. The van der Waals surface area contributed by atoms with E-state index < -0.39 is 5.91 Å². The number of nitriles is 1. The number of hydrogen-bond acceptors (Lipinski definition) is 3. The SMILES string of the molecule is C#CCOc1ccc(/C=C(/C#N)C(=O)Nc2ccc(C)cc2)cc1Br. The van der Waals surface area contributed by atoms with Crippen molar-refractivity contribution in [3.8, 4) is 24.2 Å². The van der Waals surface area contributed by atoms with Crippen molar-refractivity contribution in [1.82, 2.24) is 0 Å². The molecule has 0 saturated carbocycles. The molecule has 1 N–H and O–H groups in total. The lowest BCUT2D eigenvalue weighted by atomic mass is 10.1. The normalized spacial score (nSPS) is 10.5. The van der Waals surface area contributed by atoms with E-state index in [9.17, 15) is 10.1 Å². The summed E-state index contributed by atoms with van der Waals surface area (Å²) in [7, 11) is 0. The molecule has 0 spiro atoms. The maximum absolute atomic E-state index is 12.3. The summed E-state index contributed by atoms with van der Waals surface area (Å²) in [5.74, 6) is 2.52. The van der Waals surface area contributed by atoms with Crippen molar-refractivity contribution in [2.45, 2.75) is 6.92 Å². The molecule has 0 aliphatic heterocycles. The van der Waals surface area contributed by atoms with Gasteiger partial charge in [-0.15, -0.1) is 6.42 Å². The van der Waals surface area contributed by atoms with E-state index >= 15 is 0 Å². The molecule has 124 valence electrons. The van der Waals surface area contributed by atoms with Gasteiger partial charge in [0.25, 0.3) is 5.91 Å². The van der Waals surface area contributed by atoms with E-state index in [2.05, 4.69) is 27.2 Å². The average Bonchev–Trinajstić information content (AvgIpc) is 2.60. The maximum atomic E-state index is 12.3. The van der Waals surface area contributed by atoms with Crippen molar-refractivity contribution in [3.63, 3.8) is 0 Å². The predicted molar refractivity (Wildman–Crippen MR) is 102 cm³/mol. The molecule has 0 bridgehead atoms. The monoisotopic (exact) mass is 394 g/mol. The van der Waals surface area contributed by atoms with Crippen LogP contribution in [-0.2, 0) is 4.79 Å². The third-order valence-corrected chi connectivity index (χ3v) is 3.87. The number of carbonyl (C=O) groups excluding carboxylic acids is 1. The van der Waals surface area contributed by atoms with Gasteiger partial charge in [-0.1, -0.05) is 29.7 Å². The number of nitrogens with zero attached hydrogens (tertiary/aromatic N) is 1. The van der Waals surface area contributed by atoms with E-state index in [1.54, 1.807) is 30.3 Å². The Morgan fingerprint density at radius 3 is 2.64 bits per heavy atom. The zero-order chi connectivity index (χ0) is 18.2. The molecule has 0 atom stereocenters. The Morgan fingerprint density at radius 2 is 2.04 bits per heavy atom. The first-order chi connectivity index (χ1) is 12.0. The highest BCUT2D eigenvalue weighted by molar-refractivity contribution is 9.10. The number of anilines is 1. The van der Waals surface area contributed by atoms with Crippen LogP contribution >= 0.6 is 15.9 Å². The van der Waals surface area contributed by atoms with Crippen LogP contribution < -0.4 is 10.1 Å². The lowest BCUT2D eigenvalue weighted by Crippen LogP contribution is -2.13. The molecule has 0 aliphatic rings. The van der Waals surface area contributed by atoms with Crippen molar-refractivity contribution < 1.29 is 9.53 Å². The third kappa shape index (κ3) is 5.24. The number of ether oxygens (including phenoxy) is 1. The van der Waals surface area contributed by atoms with Crippen LogP contribution in [-0.4, -0.2) is 12.5 Å². The molecular weight excluding hydrogens is 380 g/mol. The van der Waals surface area contributed by atoms with Crippen LogP contribution in [0.15, 0.2) is 52.5 Å². The van der Waals surface area contributed by atoms with E-state index in [0.717, 1.165) is 5.56 Å². The first-order valence-electron chi connectivity index (χ1n) is 7.39. The summed E-state index contributed by atoms with van der Waals surface area (Å²) in [6.45, 7) is 2.12. The molecule has 0 aromatic heterocycles. The molecule has 2 rings (SSSR count). The molecule has 0 fully saturated rings. The highest BCUT2D eigenvalue weighted by Gasteiger charge is 2.10. The van der Waals surface area contributed by atoms with Gasteiger partial charge in [0, 0.05) is 5.69 Å². The van der Waals surface area contributed by atoms with Crippen LogP contribution in [0.25, 0.3) is 6.08 Å². The summed E-state index contributed by atoms with van der Waals surface area (Å²) >= 11 is 3.38. The summed E-state index contributed by atoms with van der Waals surface area (Å²) in [5.41, 5.74) is 2.42. The molecule has 2 aromatic rings. The molecule has 0 saturated heterocycles. The van der Waals surface area contributed by atoms with Gasteiger partial charge in [-0.05, 0) is 58.8 Å². The van der Waals surface area contributed by atoms with Gasteiger partial charge in [-0.3, -0.25) is 4.79 Å². The number of benzene rings is 2. The number of halogens is 1. The zero-order valence-corrected chi connectivity index (χ0v) is 15.1. The van der Waals surface area contributed by atoms with Gasteiger partial charge in [-0.25, -0.2) is 0 Å². The lowest BCUT2D eigenvalue weighted by molar-refractivity contribution is -0.112. The number of aryl methyl sites for hydroxylation is 1. The number of carbonyl (C=O) groups is 1. The summed E-state index contributed by atoms with van der Waals surface area (Å²) in [6.07, 6.45) is 6.68. The van der Waals surface area contributed by atoms with Gasteiger partial charge in [0.1, 0.15) is 24.0 Å². The smallest absolute Gasteiger partial charge is 0.266 e. The summed E-state index contributed by atoms with van der Waals surface area (Å²) in [4.78, 5) is 12.3. The average molecular weight is 395 g/mol. The minimum Gasteiger partial charge on any atom is -0.480 e. The summed E-state index contributed by atoms with van der Waals surface area (Å²) < 4.78 is 6.05. The molecule has 0 aliphatic carbocycles. The third-order valence-electron chi connectivity index (χ3n) is 3.25. The van der Waals surface area contributed by atoms with Crippen LogP contribution in [0.4, 0.5) is 5.69 Å². The minimum atomic E-state index is -0.463.